The molecule has 2 aromatic rings. The molecule has 0 fully saturated rings. The summed E-state index contributed by atoms with van der Waals surface area (Å²) in [6.45, 7) is 2.84. The van der Waals surface area contributed by atoms with Crippen molar-refractivity contribution in [3.8, 4) is 11.8 Å². The molecule has 2 rings (SSSR count). The van der Waals surface area contributed by atoms with E-state index in [9.17, 15) is 4.79 Å². The minimum atomic E-state index is -0.169. The quantitative estimate of drug-likeness (QED) is 0.847. The van der Waals surface area contributed by atoms with Crippen LogP contribution < -0.4 is 15.0 Å². The Morgan fingerprint density at radius 2 is 2.08 bits per heavy atom. The Labute approximate surface area is 141 Å². The Bertz CT molecular complexity index is 740. The van der Waals surface area contributed by atoms with Gasteiger partial charge in [0, 0.05) is 6.54 Å². The zero-order chi connectivity index (χ0) is 17.4. The van der Waals surface area contributed by atoms with Gasteiger partial charge in [-0.05, 0) is 30.7 Å². The van der Waals surface area contributed by atoms with Crippen molar-refractivity contribution in [2.75, 3.05) is 30.4 Å². The van der Waals surface area contributed by atoms with Crippen molar-refractivity contribution in [2.45, 2.75) is 13.3 Å². The molecule has 0 aliphatic carbocycles. The third-order valence-electron chi connectivity index (χ3n) is 3.38. The van der Waals surface area contributed by atoms with Gasteiger partial charge in [0.05, 0.1) is 19.3 Å². The average molecular weight is 324 g/mol. The van der Waals surface area contributed by atoms with Gasteiger partial charge in [0.15, 0.2) is 0 Å². The lowest BCUT2D eigenvalue weighted by atomic mass is 10.3. The van der Waals surface area contributed by atoms with Crippen molar-refractivity contribution in [3.05, 3.63) is 48.2 Å². The van der Waals surface area contributed by atoms with E-state index in [1.165, 1.54) is 0 Å². The van der Waals surface area contributed by atoms with Crippen LogP contribution in [0.3, 0.4) is 0 Å². The molecular formula is C18H20N4O2. The fourth-order valence-corrected chi connectivity index (χ4v) is 2.32. The van der Waals surface area contributed by atoms with E-state index in [1.807, 2.05) is 30.0 Å². The van der Waals surface area contributed by atoms with Gasteiger partial charge in [-0.15, -0.1) is 0 Å². The first-order chi connectivity index (χ1) is 11.7. The van der Waals surface area contributed by atoms with Crippen LogP contribution in [0, 0.1) is 11.3 Å². The third kappa shape index (κ3) is 4.46. The summed E-state index contributed by atoms with van der Waals surface area (Å²) in [6, 6.07) is 14.5. The van der Waals surface area contributed by atoms with Crippen LogP contribution in [-0.4, -0.2) is 31.1 Å². The van der Waals surface area contributed by atoms with Crippen LogP contribution in [0.5, 0.6) is 5.75 Å². The number of aromatic nitrogens is 1. The van der Waals surface area contributed by atoms with E-state index in [0.717, 1.165) is 6.42 Å². The number of hydrogen-bond acceptors (Lipinski definition) is 5. The zero-order valence-electron chi connectivity index (χ0n) is 13.8. The van der Waals surface area contributed by atoms with Crippen molar-refractivity contribution < 1.29 is 9.53 Å². The number of ether oxygens (including phenoxy) is 1. The number of rotatable bonds is 7. The number of pyridine rings is 1. The van der Waals surface area contributed by atoms with Crippen LogP contribution in [0.4, 0.5) is 11.5 Å². The topological polar surface area (TPSA) is 78.3 Å². The number of methoxy groups -OCH3 is 1. The number of nitrogens with one attached hydrogen (secondary N) is 1. The Morgan fingerprint density at radius 3 is 2.79 bits per heavy atom. The summed E-state index contributed by atoms with van der Waals surface area (Å²) in [5.74, 6) is 1.06. The van der Waals surface area contributed by atoms with Crippen molar-refractivity contribution >= 4 is 17.4 Å². The molecule has 1 heterocycles. The molecule has 6 nitrogen and oxygen atoms in total. The van der Waals surface area contributed by atoms with Crippen LogP contribution >= 0.6 is 0 Å². The highest BCUT2D eigenvalue weighted by Crippen LogP contribution is 2.23. The molecule has 0 unspecified atom stereocenters. The molecule has 0 atom stereocenters. The summed E-state index contributed by atoms with van der Waals surface area (Å²) in [6.07, 6.45) is 0.862. The first kappa shape index (κ1) is 17.3. The van der Waals surface area contributed by atoms with E-state index >= 15 is 0 Å². The zero-order valence-corrected chi connectivity index (χ0v) is 13.8. The van der Waals surface area contributed by atoms with Crippen LogP contribution in [0.1, 0.15) is 19.0 Å². The molecule has 0 aliphatic rings. The maximum atomic E-state index is 12.4. The molecule has 1 aromatic heterocycles. The number of hydrogen-bond donors (Lipinski definition) is 1. The molecule has 0 saturated carbocycles. The number of nitriles is 1. The van der Waals surface area contributed by atoms with E-state index < -0.39 is 0 Å². The van der Waals surface area contributed by atoms with Crippen molar-refractivity contribution in [2.24, 2.45) is 0 Å². The molecule has 6 heteroatoms. The molecule has 0 aliphatic heterocycles. The van der Waals surface area contributed by atoms with Crippen molar-refractivity contribution in [3.63, 3.8) is 0 Å². The van der Waals surface area contributed by atoms with Crippen molar-refractivity contribution in [1.82, 2.24) is 4.98 Å². The summed E-state index contributed by atoms with van der Waals surface area (Å²) in [4.78, 5) is 18.5. The second-order valence-corrected chi connectivity index (χ2v) is 5.16. The number of amides is 1. The van der Waals surface area contributed by atoms with Crippen LogP contribution in [0.25, 0.3) is 0 Å². The standard InChI is InChI=1S/C18H20N4O2/c1-3-11-22(17-10-6-7-14(12-19)20-17)13-18(23)21-15-8-4-5-9-16(15)24-2/h4-10H,3,11,13H2,1-2H3,(H,21,23). The Kier molecular flexibility index (Phi) is 6.15. The van der Waals surface area contributed by atoms with E-state index in [-0.39, 0.29) is 12.5 Å². The molecule has 0 radical (unpaired) electrons. The predicted octanol–water partition coefficient (Wildman–Crippen LogP) is 2.82. The number of carbonyl (C=O) groups is 1. The smallest absolute Gasteiger partial charge is 0.244 e. The SMILES string of the molecule is CCCN(CC(=O)Nc1ccccc1OC)c1cccc(C#N)n1. The summed E-state index contributed by atoms with van der Waals surface area (Å²) in [5.41, 5.74) is 0.957. The molecular weight excluding hydrogens is 304 g/mol. The Hall–Kier alpha value is -3.07. The maximum absolute atomic E-state index is 12.4. The molecule has 24 heavy (non-hydrogen) atoms. The lowest BCUT2D eigenvalue weighted by Gasteiger charge is -2.23. The number of benzene rings is 1. The second-order valence-electron chi connectivity index (χ2n) is 5.16. The highest BCUT2D eigenvalue weighted by Gasteiger charge is 2.14. The summed E-state index contributed by atoms with van der Waals surface area (Å²) in [5, 5.41) is 11.8. The van der Waals surface area contributed by atoms with Gasteiger partial charge < -0.3 is 15.0 Å². The van der Waals surface area contributed by atoms with Crippen LogP contribution in [-0.2, 0) is 4.79 Å². The molecule has 1 amide bonds. The lowest BCUT2D eigenvalue weighted by Crippen LogP contribution is -2.34. The fourth-order valence-electron chi connectivity index (χ4n) is 2.32. The van der Waals surface area contributed by atoms with Crippen LogP contribution in [0.15, 0.2) is 42.5 Å². The summed E-state index contributed by atoms with van der Waals surface area (Å²) < 4.78 is 5.24. The van der Waals surface area contributed by atoms with E-state index in [1.54, 1.807) is 37.4 Å². The number of carbonyl (C=O) groups excluding carboxylic acids is 1. The monoisotopic (exact) mass is 324 g/mol. The van der Waals surface area contributed by atoms with Gasteiger partial charge in [-0.3, -0.25) is 4.79 Å². The molecule has 0 saturated heterocycles. The minimum absolute atomic E-state index is 0.147. The number of para-hydroxylation sites is 2. The summed E-state index contributed by atoms with van der Waals surface area (Å²) >= 11 is 0. The van der Waals surface area contributed by atoms with Gasteiger partial charge >= 0.3 is 0 Å². The predicted molar refractivity (Wildman–Crippen MR) is 93.1 cm³/mol. The largest absolute Gasteiger partial charge is 0.495 e. The number of anilines is 2. The third-order valence-corrected chi connectivity index (χ3v) is 3.38. The molecule has 1 aromatic carbocycles. The Balaban J connectivity index is 2.12. The van der Waals surface area contributed by atoms with E-state index in [2.05, 4.69) is 10.3 Å². The second kappa shape index (κ2) is 8.53. The maximum Gasteiger partial charge on any atom is 0.244 e. The average Bonchev–Trinajstić information content (AvgIpc) is 2.62. The van der Waals surface area contributed by atoms with E-state index in [4.69, 9.17) is 10.00 Å². The van der Waals surface area contributed by atoms with Crippen molar-refractivity contribution in [1.29, 1.82) is 5.26 Å². The molecule has 1 N–H and O–H groups in total. The first-order valence-electron chi connectivity index (χ1n) is 7.73. The highest BCUT2D eigenvalue weighted by molar-refractivity contribution is 5.95. The first-order valence-corrected chi connectivity index (χ1v) is 7.73. The van der Waals surface area contributed by atoms with Gasteiger partial charge in [-0.1, -0.05) is 25.1 Å². The molecule has 124 valence electrons. The van der Waals surface area contributed by atoms with Gasteiger partial charge in [0.1, 0.15) is 23.3 Å². The van der Waals surface area contributed by atoms with E-state index in [0.29, 0.717) is 29.5 Å². The Morgan fingerprint density at radius 1 is 1.29 bits per heavy atom. The van der Waals surface area contributed by atoms with Gasteiger partial charge in [0.25, 0.3) is 0 Å². The minimum Gasteiger partial charge on any atom is -0.495 e. The highest BCUT2D eigenvalue weighted by atomic mass is 16.5. The van der Waals surface area contributed by atoms with Gasteiger partial charge in [0.2, 0.25) is 5.91 Å². The van der Waals surface area contributed by atoms with Crippen LogP contribution in [0.2, 0.25) is 0 Å². The molecule has 0 spiro atoms. The van der Waals surface area contributed by atoms with Gasteiger partial charge in [-0.2, -0.15) is 5.26 Å². The van der Waals surface area contributed by atoms with Gasteiger partial charge in [-0.25, -0.2) is 4.98 Å². The normalized spacial score (nSPS) is 9.88. The number of nitrogens with zero attached hydrogens (tertiary/aromatic N) is 3. The molecule has 0 bridgehead atoms. The lowest BCUT2D eigenvalue weighted by molar-refractivity contribution is -0.115. The fraction of sp³-hybridized carbons (Fsp3) is 0.278. The summed E-state index contributed by atoms with van der Waals surface area (Å²) in [7, 11) is 1.56.